The van der Waals surface area contributed by atoms with Crippen molar-refractivity contribution >= 4 is 46.0 Å². The Hall–Kier alpha value is -3.07. The van der Waals surface area contributed by atoms with Crippen LogP contribution in [0.15, 0.2) is 52.4 Å². The second-order valence-corrected chi connectivity index (χ2v) is 9.48. The predicted octanol–water partition coefficient (Wildman–Crippen LogP) is 5.12. The van der Waals surface area contributed by atoms with Crippen molar-refractivity contribution in [3.8, 4) is 0 Å². The quantitative estimate of drug-likeness (QED) is 0.637. The fraction of sp³-hybridized carbons (Fsp3) is 0.333. The molecular weight excluding hydrogens is 446 g/mol. The normalized spacial score (nSPS) is 17.9. The Balaban J connectivity index is 1.62. The third kappa shape index (κ3) is 4.68. The van der Waals surface area contributed by atoms with E-state index in [-0.39, 0.29) is 17.5 Å². The zero-order valence-electron chi connectivity index (χ0n) is 18.5. The smallest absolute Gasteiger partial charge is 0.259 e. The summed E-state index contributed by atoms with van der Waals surface area (Å²) >= 11 is 1.11. The van der Waals surface area contributed by atoms with Gasteiger partial charge >= 0.3 is 0 Å². The fourth-order valence-corrected chi connectivity index (χ4v) is 4.76. The van der Waals surface area contributed by atoms with Crippen molar-refractivity contribution in [1.82, 2.24) is 4.90 Å². The number of thioether (sulfide) groups is 1. The van der Waals surface area contributed by atoms with E-state index in [1.807, 2.05) is 38.1 Å². The van der Waals surface area contributed by atoms with E-state index in [0.29, 0.717) is 29.5 Å². The molecule has 0 fully saturated rings. The Labute approximate surface area is 195 Å². The molecule has 0 saturated heterocycles. The first-order chi connectivity index (χ1) is 15.8. The highest BCUT2D eigenvalue weighted by atomic mass is 32.2. The number of carbonyl (C=O) groups is 2. The van der Waals surface area contributed by atoms with Crippen molar-refractivity contribution in [3.05, 3.63) is 59.7 Å². The second-order valence-electron chi connectivity index (χ2n) is 8.31. The Bertz CT molecular complexity index is 1160. The lowest BCUT2D eigenvalue weighted by Gasteiger charge is -2.27. The Morgan fingerprint density at radius 1 is 1.21 bits per heavy atom. The molecule has 0 unspecified atom stereocenters. The van der Waals surface area contributed by atoms with Gasteiger partial charge < -0.3 is 5.32 Å². The number of para-hydroxylation sites is 1. The van der Waals surface area contributed by atoms with Gasteiger partial charge in [0.25, 0.3) is 5.91 Å². The van der Waals surface area contributed by atoms with Gasteiger partial charge in [0, 0.05) is 11.6 Å². The van der Waals surface area contributed by atoms with E-state index in [1.165, 1.54) is 4.90 Å². The maximum absolute atomic E-state index is 14.0. The van der Waals surface area contributed by atoms with Gasteiger partial charge in [-0.25, -0.2) is 18.7 Å². The number of anilines is 1. The maximum Gasteiger partial charge on any atom is 0.259 e. The fourth-order valence-electron chi connectivity index (χ4n) is 3.74. The summed E-state index contributed by atoms with van der Waals surface area (Å²) in [5.74, 6) is -1.24. The van der Waals surface area contributed by atoms with Crippen LogP contribution < -0.4 is 5.32 Å². The van der Waals surface area contributed by atoms with E-state index in [0.717, 1.165) is 35.5 Å². The zero-order valence-corrected chi connectivity index (χ0v) is 19.3. The SMILES string of the molecule is CC[C@@H](SC1=Nc2ccccc2C2=N[C@@H](CC(C)C)C(=O)N12)C(=O)Nc1cc(F)ccc1F. The van der Waals surface area contributed by atoms with E-state index in [9.17, 15) is 18.4 Å². The summed E-state index contributed by atoms with van der Waals surface area (Å²) < 4.78 is 27.5. The van der Waals surface area contributed by atoms with Crippen LogP contribution in [0.3, 0.4) is 0 Å². The Morgan fingerprint density at radius 3 is 2.70 bits per heavy atom. The molecule has 6 nitrogen and oxygen atoms in total. The van der Waals surface area contributed by atoms with Crippen LogP contribution in [0.5, 0.6) is 0 Å². The standard InChI is InChI=1S/C24H24F2N4O2S/c1-4-20(22(31)28-18-12-14(25)9-10-16(18)26)33-24-29-17-8-6-5-7-15(17)21-27-19(11-13(2)3)23(32)30(21)24/h5-10,12-13,19-20H,4,11H2,1-3H3,(H,28,31)/t19-,20+/m0/s1. The molecule has 9 heteroatoms. The number of hydrogen-bond donors (Lipinski definition) is 1. The molecular formula is C24H24F2N4O2S. The number of amides is 2. The summed E-state index contributed by atoms with van der Waals surface area (Å²) in [5.41, 5.74) is 1.20. The van der Waals surface area contributed by atoms with Gasteiger partial charge in [0.05, 0.1) is 16.6 Å². The molecule has 2 aromatic carbocycles. The highest BCUT2D eigenvalue weighted by Gasteiger charge is 2.42. The molecule has 2 aliphatic heterocycles. The molecule has 2 amide bonds. The Morgan fingerprint density at radius 2 is 1.97 bits per heavy atom. The molecule has 0 aliphatic carbocycles. The summed E-state index contributed by atoms with van der Waals surface area (Å²) in [4.78, 5) is 37.0. The number of nitrogens with one attached hydrogen (secondary N) is 1. The minimum atomic E-state index is -0.728. The van der Waals surface area contributed by atoms with E-state index >= 15 is 0 Å². The van der Waals surface area contributed by atoms with E-state index < -0.39 is 28.8 Å². The van der Waals surface area contributed by atoms with Gasteiger partial charge in [-0.2, -0.15) is 0 Å². The highest BCUT2D eigenvalue weighted by molar-refractivity contribution is 8.15. The number of halogens is 2. The molecule has 0 bridgehead atoms. The number of amidine groups is 2. The van der Waals surface area contributed by atoms with Crippen LogP contribution in [0.25, 0.3) is 0 Å². The predicted molar refractivity (Wildman–Crippen MR) is 127 cm³/mol. The summed E-state index contributed by atoms with van der Waals surface area (Å²) in [7, 11) is 0. The lowest BCUT2D eigenvalue weighted by molar-refractivity contribution is -0.125. The second kappa shape index (κ2) is 9.43. The van der Waals surface area contributed by atoms with Gasteiger partial charge in [-0.1, -0.05) is 44.7 Å². The number of hydrogen-bond acceptors (Lipinski definition) is 5. The number of nitrogens with zero attached hydrogens (tertiary/aromatic N) is 3. The first-order valence-electron chi connectivity index (χ1n) is 10.8. The lowest BCUT2D eigenvalue weighted by Crippen LogP contribution is -2.42. The first-order valence-corrected chi connectivity index (χ1v) is 11.7. The van der Waals surface area contributed by atoms with Crippen molar-refractivity contribution in [3.63, 3.8) is 0 Å². The topological polar surface area (TPSA) is 74.1 Å². The van der Waals surface area contributed by atoms with Gasteiger partial charge in [0.2, 0.25) is 5.91 Å². The number of fused-ring (bicyclic) bond motifs is 3. The minimum absolute atomic E-state index is 0.175. The lowest BCUT2D eigenvalue weighted by atomic mass is 10.0. The van der Waals surface area contributed by atoms with Crippen molar-refractivity contribution in [2.75, 3.05) is 5.32 Å². The van der Waals surface area contributed by atoms with Crippen molar-refractivity contribution in [2.45, 2.75) is 44.9 Å². The number of aliphatic imine (C=N–C) groups is 2. The van der Waals surface area contributed by atoms with Crippen LogP contribution in [0, 0.1) is 17.6 Å². The van der Waals surface area contributed by atoms with E-state index in [4.69, 9.17) is 4.99 Å². The molecule has 2 aliphatic rings. The summed E-state index contributed by atoms with van der Waals surface area (Å²) in [6.45, 7) is 5.87. The minimum Gasteiger partial charge on any atom is -0.323 e. The van der Waals surface area contributed by atoms with Gasteiger partial charge in [-0.15, -0.1) is 0 Å². The molecule has 33 heavy (non-hydrogen) atoms. The molecule has 2 atom stereocenters. The molecule has 0 aromatic heterocycles. The largest absolute Gasteiger partial charge is 0.323 e. The molecule has 172 valence electrons. The number of benzene rings is 2. The monoisotopic (exact) mass is 470 g/mol. The van der Waals surface area contributed by atoms with Crippen LogP contribution in [0.1, 0.15) is 39.2 Å². The van der Waals surface area contributed by atoms with Crippen LogP contribution in [-0.4, -0.2) is 39.0 Å². The van der Waals surface area contributed by atoms with Gasteiger partial charge in [-0.3, -0.25) is 14.6 Å². The van der Waals surface area contributed by atoms with E-state index in [1.54, 1.807) is 6.92 Å². The summed E-state index contributed by atoms with van der Waals surface area (Å²) in [6, 6.07) is 9.79. The van der Waals surface area contributed by atoms with Crippen molar-refractivity contribution in [2.24, 2.45) is 15.9 Å². The Kier molecular flexibility index (Phi) is 6.60. The molecule has 2 heterocycles. The third-order valence-electron chi connectivity index (χ3n) is 5.34. The molecule has 0 spiro atoms. The first kappa shape index (κ1) is 23.1. The average Bonchev–Trinajstić information content (AvgIpc) is 3.10. The molecule has 0 saturated carbocycles. The van der Waals surface area contributed by atoms with Crippen molar-refractivity contribution in [1.29, 1.82) is 0 Å². The molecule has 1 N–H and O–H groups in total. The highest BCUT2D eigenvalue weighted by Crippen LogP contribution is 2.36. The summed E-state index contributed by atoms with van der Waals surface area (Å²) in [5, 5.41) is 2.12. The number of carbonyl (C=O) groups excluding carboxylic acids is 2. The molecule has 0 radical (unpaired) electrons. The van der Waals surface area contributed by atoms with Crippen LogP contribution >= 0.6 is 11.8 Å². The maximum atomic E-state index is 14.0. The van der Waals surface area contributed by atoms with Gasteiger partial charge in [-0.05, 0) is 43.0 Å². The zero-order chi connectivity index (χ0) is 23.7. The van der Waals surface area contributed by atoms with Crippen LogP contribution in [0.2, 0.25) is 0 Å². The van der Waals surface area contributed by atoms with Gasteiger partial charge in [0.1, 0.15) is 23.5 Å². The van der Waals surface area contributed by atoms with Crippen molar-refractivity contribution < 1.29 is 18.4 Å². The van der Waals surface area contributed by atoms with Crippen LogP contribution in [0.4, 0.5) is 20.2 Å². The van der Waals surface area contributed by atoms with E-state index in [2.05, 4.69) is 10.3 Å². The third-order valence-corrected chi connectivity index (χ3v) is 6.66. The van der Waals surface area contributed by atoms with Gasteiger partial charge in [0.15, 0.2) is 5.17 Å². The molecule has 2 aromatic rings. The number of rotatable bonds is 6. The average molecular weight is 471 g/mol. The van der Waals surface area contributed by atoms with Crippen LogP contribution in [-0.2, 0) is 9.59 Å². The molecule has 4 rings (SSSR count). The summed E-state index contributed by atoms with van der Waals surface area (Å²) in [6.07, 6.45) is 0.994.